The van der Waals surface area contributed by atoms with Crippen molar-refractivity contribution in [1.82, 2.24) is 20.4 Å². The maximum atomic E-state index is 5.29. The standard InChI is InChI=1S/C18H33N5O.HI/c1-6-19-18(23-11-14(4)10-15(5)12-23)20-9-7-8-16-21-17(13(2)3)22-24-16;/h13-15H,6-12H2,1-5H3,(H,19,20);1H. The lowest BCUT2D eigenvalue weighted by molar-refractivity contribution is 0.208. The first-order chi connectivity index (χ1) is 11.5. The van der Waals surface area contributed by atoms with Crippen LogP contribution in [0, 0.1) is 11.8 Å². The van der Waals surface area contributed by atoms with Crippen molar-refractivity contribution in [2.75, 3.05) is 26.2 Å². The van der Waals surface area contributed by atoms with Gasteiger partial charge in [-0.25, -0.2) is 0 Å². The first-order valence-corrected chi connectivity index (χ1v) is 9.35. The van der Waals surface area contributed by atoms with Crippen LogP contribution < -0.4 is 5.32 Å². The van der Waals surface area contributed by atoms with Gasteiger partial charge in [-0.2, -0.15) is 4.98 Å². The highest BCUT2D eigenvalue weighted by Crippen LogP contribution is 2.21. The second-order valence-electron chi connectivity index (χ2n) is 7.39. The minimum Gasteiger partial charge on any atom is -0.357 e. The minimum atomic E-state index is 0. The van der Waals surface area contributed by atoms with Crippen LogP contribution in [0.1, 0.15) is 65.1 Å². The lowest BCUT2D eigenvalue weighted by Gasteiger charge is -2.37. The average Bonchev–Trinajstić information content (AvgIpc) is 2.98. The van der Waals surface area contributed by atoms with Crippen LogP contribution in [-0.2, 0) is 6.42 Å². The first kappa shape index (κ1) is 22.2. The van der Waals surface area contributed by atoms with E-state index in [1.165, 1.54) is 6.42 Å². The highest BCUT2D eigenvalue weighted by Gasteiger charge is 2.23. The van der Waals surface area contributed by atoms with Gasteiger partial charge in [0.15, 0.2) is 11.8 Å². The van der Waals surface area contributed by atoms with E-state index in [1.54, 1.807) is 0 Å². The quantitative estimate of drug-likeness (QED) is 0.302. The smallest absolute Gasteiger partial charge is 0.226 e. The Kier molecular flexibility index (Phi) is 9.74. The molecule has 0 amide bonds. The predicted octanol–water partition coefficient (Wildman–Crippen LogP) is 3.69. The molecule has 1 aliphatic heterocycles. The zero-order chi connectivity index (χ0) is 17.5. The molecule has 6 nitrogen and oxygen atoms in total. The maximum absolute atomic E-state index is 5.29. The van der Waals surface area contributed by atoms with E-state index in [0.29, 0.717) is 5.92 Å². The van der Waals surface area contributed by atoms with Crippen LogP contribution in [0.15, 0.2) is 9.52 Å². The maximum Gasteiger partial charge on any atom is 0.226 e. The van der Waals surface area contributed by atoms with E-state index < -0.39 is 0 Å². The summed E-state index contributed by atoms with van der Waals surface area (Å²) >= 11 is 0. The zero-order valence-corrected chi connectivity index (χ0v) is 18.6. The van der Waals surface area contributed by atoms with Gasteiger partial charge in [0.05, 0.1) is 0 Å². The van der Waals surface area contributed by atoms with E-state index in [2.05, 4.69) is 55.0 Å². The molecule has 25 heavy (non-hydrogen) atoms. The number of aryl methyl sites for hydroxylation is 1. The van der Waals surface area contributed by atoms with Crippen molar-refractivity contribution in [2.24, 2.45) is 16.8 Å². The molecule has 0 bridgehead atoms. The Balaban J connectivity index is 0.00000312. The van der Waals surface area contributed by atoms with Crippen molar-refractivity contribution in [2.45, 2.75) is 59.8 Å². The Morgan fingerprint density at radius 2 is 2.00 bits per heavy atom. The SMILES string of the molecule is CCNC(=NCCCc1nc(C(C)C)no1)N1CC(C)CC(C)C1.I. The number of aromatic nitrogens is 2. The fourth-order valence-electron chi connectivity index (χ4n) is 3.28. The lowest BCUT2D eigenvalue weighted by Crippen LogP contribution is -2.48. The van der Waals surface area contributed by atoms with Crippen LogP contribution in [0.3, 0.4) is 0 Å². The topological polar surface area (TPSA) is 66.5 Å². The first-order valence-electron chi connectivity index (χ1n) is 9.35. The fraction of sp³-hybridized carbons (Fsp3) is 0.833. The molecule has 7 heteroatoms. The summed E-state index contributed by atoms with van der Waals surface area (Å²) in [5.41, 5.74) is 0. The number of hydrogen-bond donors (Lipinski definition) is 1. The van der Waals surface area contributed by atoms with E-state index in [1.807, 2.05) is 0 Å². The van der Waals surface area contributed by atoms with Crippen LogP contribution in [0.5, 0.6) is 0 Å². The largest absolute Gasteiger partial charge is 0.357 e. The number of hydrogen-bond acceptors (Lipinski definition) is 4. The van der Waals surface area contributed by atoms with Gasteiger partial charge in [-0.15, -0.1) is 24.0 Å². The van der Waals surface area contributed by atoms with Gasteiger partial charge in [0.1, 0.15) is 0 Å². The summed E-state index contributed by atoms with van der Waals surface area (Å²) in [5.74, 6) is 4.32. The number of aliphatic imine (C=N–C) groups is 1. The summed E-state index contributed by atoms with van der Waals surface area (Å²) < 4.78 is 5.29. The number of piperidine rings is 1. The Morgan fingerprint density at radius 3 is 2.56 bits per heavy atom. The summed E-state index contributed by atoms with van der Waals surface area (Å²) in [7, 11) is 0. The molecule has 1 aromatic rings. The van der Waals surface area contributed by atoms with E-state index in [-0.39, 0.29) is 24.0 Å². The molecule has 1 saturated heterocycles. The van der Waals surface area contributed by atoms with Crippen molar-refractivity contribution in [3.8, 4) is 0 Å². The average molecular weight is 463 g/mol. The van der Waals surface area contributed by atoms with Gasteiger partial charge in [0.2, 0.25) is 5.89 Å². The Bertz CT molecular complexity index is 521. The van der Waals surface area contributed by atoms with Gasteiger partial charge in [-0.05, 0) is 31.6 Å². The zero-order valence-electron chi connectivity index (χ0n) is 16.3. The summed E-state index contributed by atoms with van der Waals surface area (Å²) in [5, 5.41) is 7.44. The number of nitrogens with one attached hydrogen (secondary N) is 1. The van der Waals surface area contributed by atoms with E-state index in [0.717, 1.165) is 68.5 Å². The normalized spacial score (nSPS) is 21.4. The summed E-state index contributed by atoms with van der Waals surface area (Å²) in [4.78, 5) is 11.6. The number of halogens is 1. The van der Waals surface area contributed by atoms with Gasteiger partial charge in [-0.1, -0.05) is 32.9 Å². The van der Waals surface area contributed by atoms with Crippen LogP contribution in [0.2, 0.25) is 0 Å². The predicted molar refractivity (Wildman–Crippen MR) is 113 cm³/mol. The fourth-order valence-corrected chi connectivity index (χ4v) is 3.28. The molecule has 144 valence electrons. The molecule has 1 N–H and O–H groups in total. The second-order valence-corrected chi connectivity index (χ2v) is 7.39. The van der Waals surface area contributed by atoms with Gasteiger partial charge in [0, 0.05) is 38.5 Å². The third-order valence-corrected chi connectivity index (χ3v) is 4.31. The Morgan fingerprint density at radius 1 is 1.32 bits per heavy atom. The minimum absolute atomic E-state index is 0. The highest BCUT2D eigenvalue weighted by molar-refractivity contribution is 14.0. The molecule has 2 atom stereocenters. The molecular formula is C18H34IN5O. The highest BCUT2D eigenvalue weighted by atomic mass is 127. The van der Waals surface area contributed by atoms with Gasteiger partial charge >= 0.3 is 0 Å². The number of likely N-dealkylation sites (tertiary alicyclic amines) is 1. The summed E-state index contributed by atoms with van der Waals surface area (Å²) in [6.07, 6.45) is 3.02. The third-order valence-electron chi connectivity index (χ3n) is 4.31. The van der Waals surface area contributed by atoms with Crippen LogP contribution >= 0.6 is 24.0 Å². The van der Waals surface area contributed by atoms with Gasteiger partial charge in [0.25, 0.3) is 0 Å². The van der Waals surface area contributed by atoms with Crippen molar-refractivity contribution in [3.63, 3.8) is 0 Å². The monoisotopic (exact) mass is 463 g/mol. The van der Waals surface area contributed by atoms with Crippen molar-refractivity contribution >= 4 is 29.9 Å². The van der Waals surface area contributed by atoms with Gasteiger partial charge in [-0.3, -0.25) is 4.99 Å². The van der Waals surface area contributed by atoms with Gasteiger partial charge < -0.3 is 14.7 Å². The molecule has 1 aromatic heterocycles. The molecule has 0 aliphatic carbocycles. The van der Waals surface area contributed by atoms with Crippen LogP contribution in [0.4, 0.5) is 0 Å². The van der Waals surface area contributed by atoms with E-state index in [9.17, 15) is 0 Å². The number of guanidine groups is 1. The molecule has 1 aliphatic rings. The molecule has 0 radical (unpaired) electrons. The molecule has 2 unspecified atom stereocenters. The lowest BCUT2D eigenvalue weighted by atomic mass is 9.92. The van der Waals surface area contributed by atoms with Crippen molar-refractivity contribution in [3.05, 3.63) is 11.7 Å². The molecule has 0 saturated carbocycles. The molecule has 2 rings (SSSR count). The van der Waals surface area contributed by atoms with Crippen molar-refractivity contribution in [1.29, 1.82) is 0 Å². The van der Waals surface area contributed by atoms with Crippen LogP contribution in [0.25, 0.3) is 0 Å². The molecule has 0 spiro atoms. The Hall–Kier alpha value is -0.860. The Labute approximate surface area is 169 Å². The molecule has 0 aromatic carbocycles. The third kappa shape index (κ3) is 7.11. The molecule has 1 fully saturated rings. The van der Waals surface area contributed by atoms with E-state index >= 15 is 0 Å². The number of nitrogens with zero attached hydrogens (tertiary/aromatic N) is 4. The second kappa shape index (κ2) is 11.0. The van der Waals surface area contributed by atoms with Crippen molar-refractivity contribution < 1.29 is 4.52 Å². The van der Waals surface area contributed by atoms with Crippen LogP contribution in [-0.4, -0.2) is 47.2 Å². The molecular weight excluding hydrogens is 429 g/mol. The number of rotatable bonds is 6. The molecule has 2 heterocycles. The van der Waals surface area contributed by atoms with E-state index in [4.69, 9.17) is 9.52 Å². The summed E-state index contributed by atoms with van der Waals surface area (Å²) in [6.45, 7) is 14.8. The summed E-state index contributed by atoms with van der Waals surface area (Å²) in [6, 6.07) is 0.